The van der Waals surface area contributed by atoms with Crippen LogP contribution in [0.25, 0.3) is 16.8 Å². The molecule has 0 fully saturated rings. The molecule has 3 rings (SSSR count). The molecule has 0 saturated carbocycles. The summed E-state index contributed by atoms with van der Waals surface area (Å²) < 4.78 is 5.06. The number of rotatable bonds is 6. The smallest absolute Gasteiger partial charge is 0.355 e. The molecule has 0 aliphatic heterocycles. The van der Waals surface area contributed by atoms with E-state index in [1.807, 2.05) is 42.5 Å². The van der Waals surface area contributed by atoms with E-state index in [4.69, 9.17) is 4.74 Å². The fourth-order valence-corrected chi connectivity index (χ4v) is 2.72. The zero-order chi connectivity index (χ0) is 20.6. The van der Waals surface area contributed by atoms with Gasteiger partial charge in [-0.15, -0.1) is 0 Å². The quantitative estimate of drug-likeness (QED) is 0.500. The highest BCUT2D eigenvalue weighted by Gasteiger charge is 2.15. The van der Waals surface area contributed by atoms with Crippen molar-refractivity contribution in [2.45, 2.75) is 6.92 Å². The number of esters is 1. The molecule has 0 saturated heterocycles. The standard InChI is InChI=1S/C23H20N2O4/c1-16(26)24-21(13-17-7-3-2-4-8-17)23(28)29-15-22(27)25-20-12-11-18-9-5-6-10-19(18)14-20/h2-14H,15H2,1H3,(H,24,26)(H,25,27). The molecule has 0 heterocycles. The Bertz CT molecular complexity index is 1070. The second kappa shape index (κ2) is 9.32. The number of amides is 2. The summed E-state index contributed by atoms with van der Waals surface area (Å²) in [5.41, 5.74) is 1.28. The highest BCUT2D eigenvalue weighted by molar-refractivity contribution is 6.00. The maximum Gasteiger partial charge on any atom is 0.355 e. The molecule has 29 heavy (non-hydrogen) atoms. The van der Waals surface area contributed by atoms with Gasteiger partial charge in [-0.2, -0.15) is 0 Å². The fraction of sp³-hybridized carbons (Fsp3) is 0.0870. The summed E-state index contributed by atoms with van der Waals surface area (Å²) in [5, 5.41) is 7.18. The first kappa shape index (κ1) is 19.8. The lowest BCUT2D eigenvalue weighted by atomic mass is 10.1. The Labute approximate surface area is 168 Å². The molecular weight excluding hydrogens is 368 g/mol. The topological polar surface area (TPSA) is 84.5 Å². The Kier molecular flexibility index (Phi) is 6.37. The lowest BCUT2D eigenvalue weighted by Crippen LogP contribution is -2.28. The second-order valence-electron chi connectivity index (χ2n) is 6.34. The van der Waals surface area contributed by atoms with Gasteiger partial charge in [-0.1, -0.05) is 60.7 Å². The molecule has 0 atom stereocenters. The van der Waals surface area contributed by atoms with Gasteiger partial charge in [0.05, 0.1) is 0 Å². The van der Waals surface area contributed by atoms with E-state index in [0.29, 0.717) is 11.3 Å². The lowest BCUT2D eigenvalue weighted by Gasteiger charge is -2.10. The minimum atomic E-state index is -0.794. The van der Waals surface area contributed by atoms with Gasteiger partial charge in [0, 0.05) is 12.6 Å². The number of carbonyl (C=O) groups excluding carboxylic acids is 3. The van der Waals surface area contributed by atoms with E-state index >= 15 is 0 Å². The summed E-state index contributed by atoms with van der Waals surface area (Å²) in [7, 11) is 0. The van der Waals surface area contributed by atoms with Gasteiger partial charge >= 0.3 is 5.97 Å². The van der Waals surface area contributed by atoms with Crippen molar-refractivity contribution < 1.29 is 19.1 Å². The van der Waals surface area contributed by atoms with Crippen LogP contribution in [0.2, 0.25) is 0 Å². The van der Waals surface area contributed by atoms with Gasteiger partial charge in [0.2, 0.25) is 5.91 Å². The van der Waals surface area contributed by atoms with Crippen molar-refractivity contribution in [3.05, 3.63) is 84.1 Å². The van der Waals surface area contributed by atoms with Crippen molar-refractivity contribution in [3.8, 4) is 0 Å². The average molecular weight is 388 g/mol. The Morgan fingerprint density at radius 1 is 0.897 bits per heavy atom. The van der Waals surface area contributed by atoms with Crippen molar-refractivity contribution in [2.24, 2.45) is 0 Å². The second-order valence-corrected chi connectivity index (χ2v) is 6.34. The van der Waals surface area contributed by atoms with E-state index in [1.165, 1.54) is 13.0 Å². The van der Waals surface area contributed by atoms with Crippen molar-refractivity contribution in [3.63, 3.8) is 0 Å². The first-order valence-corrected chi connectivity index (χ1v) is 9.01. The third-order valence-electron chi connectivity index (χ3n) is 4.01. The molecule has 146 valence electrons. The summed E-state index contributed by atoms with van der Waals surface area (Å²) in [6.45, 7) is 0.815. The molecule has 0 aliphatic carbocycles. The SMILES string of the molecule is CC(=O)NC(=Cc1ccccc1)C(=O)OCC(=O)Nc1ccc2ccccc2c1. The minimum absolute atomic E-state index is 0.0396. The molecule has 3 aromatic carbocycles. The molecule has 0 radical (unpaired) electrons. The molecule has 3 aromatic rings. The molecule has 6 heteroatoms. The monoisotopic (exact) mass is 388 g/mol. The van der Waals surface area contributed by atoms with E-state index < -0.39 is 24.4 Å². The average Bonchev–Trinajstić information content (AvgIpc) is 2.72. The van der Waals surface area contributed by atoms with E-state index in [0.717, 1.165) is 10.8 Å². The van der Waals surface area contributed by atoms with Crippen LogP contribution in [0.4, 0.5) is 5.69 Å². The van der Waals surface area contributed by atoms with Gasteiger partial charge in [-0.3, -0.25) is 9.59 Å². The van der Waals surface area contributed by atoms with Crippen LogP contribution >= 0.6 is 0 Å². The Morgan fingerprint density at radius 3 is 2.31 bits per heavy atom. The van der Waals surface area contributed by atoms with Crippen molar-refractivity contribution >= 4 is 40.3 Å². The summed E-state index contributed by atoms with van der Waals surface area (Å²) in [6, 6.07) is 22.3. The van der Waals surface area contributed by atoms with Gasteiger partial charge in [-0.25, -0.2) is 4.79 Å². The van der Waals surface area contributed by atoms with Gasteiger partial charge < -0.3 is 15.4 Å². The zero-order valence-electron chi connectivity index (χ0n) is 15.8. The van der Waals surface area contributed by atoms with Crippen LogP contribution in [-0.4, -0.2) is 24.4 Å². The molecule has 0 bridgehead atoms. The van der Waals surface area contributed by atoms with E-state index in [1.54, 1.807) is 30.3 Å². The molecule has 2 N–H and O–H groups in total. The molecule has 0 spiro atoms. The minimum Gasteiger partial charge on any atom is -0.451 e. The van der Waals surface area contributed by atoms with Gasteiger partial charge in [0.1, 0.15) is 5.70 Å². The highest BCUT2D eigenvalue weighted by Crippen LogP contribution is 2.18. The highest BCUT2D eigenvalue weighted by atomic mass is 16.5. The molecule has 6 nitrogen and oxygen atoms in total. The largest absolute Gasteiger partial charge is 0.451 e. The number of hydrogen-bond donors (Lipinski definition) is 2. The van der Waals surface area contributed by atoms with Crippen molar-refractivity contribution in [2.75, 3.05) is 11.9 Å². The number of nitrogens with one attached hydrogen (secondary N) is 2. The number of benzene rings is 3. The fourth-order valence-electron chi connectivity index (χ4n) is 2.72. The van der Waals surface area contributed by atoms with Gasteiger partial charge in [-0.05, 0) is 34.5 Å². The van der Waals surface area contributed by atoms with Crippen LogP contribution in [0.3, 0.4) is 0 Å². The maximum atomic E-state index is 12.3. The lowest BCUT2D eigenvalue weighted by molar-refractivity contribution is -0.144. The van der Waals surface area contributed by atoms with Crippen molar-refractivity contribution in [1.82, 2.24) is 5.32 Å². The first-order valence-electron chi connectivity index (χ1n) is 9.01. The number of anilines is 1. The van der Waals surface area contributed by atoms with Crippen LogP contribution in [0.5, 0.6) is 0 Å². The first-order chi connectivity index (χ1) is 14.0. The third-order valence-corrected chi connectivity index (χ3v) is 4.01. The number of hydrogen-bond acceptors (Lipinski definition) is 4. The number of fused-ring (bicyclic) bond motifs is 1. The number of carbonyl (C=O) groups is 3. The maximum absolute atomic E-state index is 12.3. The van der Waals surface area contributed by atoms with Crippen LogP contribution in [0.15, 0.2) is 78.5 Å². The van der Waals surface area contributed by atoms with Crippen LogP contribution in [-0.2, 0) is 19.1 Å². The van der Waals surface area contributed by atoms with Crippen LogP contribution in [0.1, 0.15) is 12.5 Å². The summed E-state index contributed by atoms with van der Waals surface area (Å²) in [6.07, 6.45) is 1.49. The Hall–Kier alpha value is -3.93. The third kappa shape index (κ3) is 5.77. The van der Waals surface area contributed by atoms with Crippen LogP contribution in [0, 0.1) is 0 Å². The molecule has 2 amide bonds. The Balaban J connectivity index is 1.63. The molecule has 0 aliphatic rings. The zero-order valence-corrected chi connectivity index (χ0v) is 15.8. The van der Waals surface area contributed by atoms with Gasteiger partial charge in [0.25, 0.3) is 5.91 Å². The summed E-state index contributed by atoms with van der Waals surface area (Å²) in [5.74, 6) is -1.68. The van der Waals surface area contributed by atoms with E-state index in [2.05, 4.69) is 10.6 Å². The van der Waals surface area contributed by atoms with E-state index in [-0.39, 0.29) is 5.70 Å². The number of ether oxygens (including phenoxy) is 1. The van der Waals surface area contributed by atoms with E-state index in [9.17, 15) is 14.4 Å². The molecular formula is C23H20N2O4. The van der Waals surface area contributed by atoms with Crippen LogP contribution < -0.4 is 10.6 Å². The predicted octanol–water partition coefficient (Wildman–Crippen LogP) is 3.50. The Morgan fingerprint density at radius 2 is 1.59 bits per heavy atom. The summed E-state index contributed by atoms with van der Waals surface area (Å²) in [4.78, 5) is 35.9. The van der Waals surface area contributed by atoms with Crippen molar-refractivity contribution in [1.29, 1.82) is 0 Å². The summed E-state index contributed by atoms with van der Waals surface area (Å²) >= 11 is 0. The predicted molar refractivity (Wildman–Crippen MR) is 112 cm³/mol. The molecule has 0 aromatic heterocycles. The normalized spacial score (nSPS) is 11.0. The molecule has 0 unspecified atom stereocenters. The van der Waals surface area contributed by atoms with Gasteiger partial charge in [0.15, 0.2) is 6.61 Å².